The van der Waals surface area contributed by atoms with Crippen molar-refractivity contribution in [3.8, 4) is 0 Å². The number of carbonyl (C=O) groups is 1. The first kappa shape index (κ1) is 17.0. The number of nitrogens with zero attached hydrogens (tertiary/aromatic N) is 1. The number of halogens is 1. The lowest BCUT2D eigenvalue weighted by molar-refractivity contribution is 0.0631. The summed E-state index contributed by atoms with van der Waals surface area (Å²) >= 11 is 3.30. The number of methoxy groups -OCH3 is 2. The molecule has 6 nitrogen and oxygen atoms in total. The summed E-state index contributed by atoms with van der Waals surface area (Å²) in [4.78, 5) is 16.8. The van der Waals surface area contributed by atoms with Crippen LogP contribution < -0.4 is 5.73 Å². The molecule has 0 amide bonds. The molecule has 0 unspecified atom stereocenters. The third-order valence-electron chi connectivity index (χ3n) is 3.13. The summed E-state index contributed by atoms with van der Waals surface area (Å²) in [6.45, 7) is 0. The van der Waals surface area contributed by atoms with E-state index in [9.17, 15) is 4.79 Å². The van der Waals surface area contributed by atoms with Crippen molar-refractivity contribution in [2.75, 3.05) is 14.2 Å². The van der Waals surface area contributed by atoms with Crippen LogP contribution in [0.5, 0.6) is 0 Å². The molecule has 0 radical (unpaired) electrons. The molecule has 0 spiro atoms. The molecule has 0 atom stereocenters. The van der Waals surface area contributed by atoms with Gasteiger partial charge in [0.25, 0.3) is 0 Å². The average Bonchev–Trinajstić information content (AvgIpc) is 2.59. The minimum atomic E-state index is -0.582. The number of hydrogen-bond donors (Lipinski definition) is 1. The third kappa shape index (κ3) is 4.29. The fourth-order valence-electron chi connectivity index (χ4n) is 1.90. The van der Waals surface area contributed by atoms with Gasteiger partial charge < -0.3 is 20.0 Å². The maximum absolute atomic E-state index is 11.9. The van der Waals surface area contributed by atoms with E-state index < -0.39 is 5.97 Å². The first-order valence-electron chi connectivity index (χ1n) is 6.72. The van der Waals surface area contributed by atoms with E-state index in [0.29, 0.717) is 29.1 Å². The lowest BCUT2D eigenvalue weighted by atomic mass is 10.1. The summed E-state index contributed by atoms with van der Waals surface area (Å²) in [6, 6.07) is 6.74. The smallest absolute Gasteiger partial charge is 0.345 e. The zero-order chi connectivity index (χ0) is 16.8. The third-order valence-corrected chi connectivity index (χ3v) is 3.66. The monoisotopic (exact) mass is 379 g/mol. The number of nitrogens with two attached hydrogens (primary N) is 1. The van der Waals surface area contributed by atoms with E-state index >= 15 is 0 Å². The van der Waals surface area contributed by atoms with Crippen molar-refractivity contribution in [3.05, 3.63) is 74.8 Å². The number of hydroxylamine groups is 1. The molecule has 1 aromatic carbocycles. The fourth-order valence-corrected chi connectivity index (χ4v) is 2.17. The van der Waals surface area contributed by atoms with Gasteiger partial charge >= 0.3 is 5.97 Å². The van der Waals surface area contributed by atoms with Gasteiger partial charge in [-0.05, 0) is 54.2 Å². The van der Waals surface area contributed by atoms with Crippen LogP contribution in [-0.4, -0.2) is 20.2 Å². The highest BCUT2D eigenvalue weighted by atomic mass is 79.9. The zero-order valence-electron chi connectivity index (χ0n) is 12.7. The van der Waals surface area contributed by atoms with Gasteiger partial charge in [-0.1, -0.05) is 15.9 Å². The van der Waals surface area contributed by atoms with Crippen LogP contribution in [0.15, 0.2) is 63.8 Å². The second-order valence-corrected chi connectivity index (χ2v) is 5.49. The quantitative estimate of drug-likeness (QED) is 0.790. The summed E-state index contributed by atoms with van der Waals surface area (Å²) in [6.07, 6.45) is 4.01. The number of allylic oxidation sites excluding steroid dienone is 3. The molecule has 0 saturated carbocycles. The van der Waals surface area contributed by atoms with Gasteiger partial charge in [0.1, 0.15) is 0 Å². The van der Waals surface area contributed by atoms with Crippen LogP contribution in [0.25, 0.3) is 5.48 Å². The standard InChI is InChI=1S/C16H16BrN2O4/c1-21-13-8-5-11(9-14(13)22-2)15(18)19-23-16(20)10-3-6-12(17)7-4-10/h3-4,6-9H,5,18H2,1-2H3/q-1. The maximum Gasteiger partial charge on any atom is 0.345 e. The van der Waals surface area contributed by atoms with E-state index in [4.69, 9.17) is 20.0 Å². The minimum absolute atomic E-state index is 0.108. The molecule has 0 bridgehead atoms. The number of hydrogen-bond acceptors (Lipinski definition) is 5. The second kappa shape index (κ2) is 7.73. The highest BCUT2D eigenvalue weighted by Crippen LogP contribution is 2.26. The van der Waals surface area contributed by atoms with Crippen molar-refractivity contribution in [1.82, 2.24) is 0 Å². The number of carbonyl (C=O) groups excluding carboxylic acids is 1. The molecular weight excluding hydrogens is 364 g/mol. The van der Waals surface area contributed by atoms with Crippen molar-refractivity contribution >= 4 is 21.9 Å². The van der Waals surface area contributed by atoms with Gasteiger partial charge in [-0.3, -0.25) is 5.48 Å². The Balaban J connectivity index is 2.03. The Hall–Kier alpha value is -2.41. The van der Waals surface area contributed by atoms with E-state index in [-0.39, 0.29) is 5.82 Å². The van der Waals surface area contributed by atoms with Crippen molar-refractivity contribution in [2.24, 2.45) is 5.73 Å². The first-order chi connectivity index (χ1) is 11.0. The van der Waals surface area contributed by atoms with Gasteiger partial charge in [0.15, 0.2) is 11.5 Å². The van der Waals surface area contributed by atoms with E-state index in [1.165, 1.54) is 7.11 Å². The average molecular weight is 380 g/mol. The summed E-state index contributed by atoms with van der Waals surface area (Å²) in [7, 11) is 3.09. The van der Waals surface area contributed by atoms with Gasteiger partial charge in [0, 0.05) is 4.47 Å². The largest absolute Gasteiger partial charge is 0.493 e. The summed E-state index contributed by atoms with van der Waals surface area (Å²) in [5, 5.41) is 0. The van der Waals surface area contributed by atoms with Crippen LogP contribution in [0.1, 0.15) is 16.8 Å². The van der Waals surface area contributed by atoms with Crippen LogP contribution >= 0.6 is 15.9 Å². The molecule has 23 heavy (non-hydrogen) atoms. The second-order valence-electron chi connectivity index (χ2n) is 4.58. The Morgan fingerprint density at radius 1 is 1.17 bits per heavy atom. The molecule has 1 aliphatic carbocycles. The molecule has 2 N–H and O–H groups in total. The Bertz CT molecular complexity index is 678. The molecule has 2 rings (SSSR count). The Morgan fingerprint density at radius 3 is 2.43 bits per heavy atom. The predicted octanol–water partition coefficient (Wildman–Crippen LogP) is 3.53. The SMILES string of the molecule is COC1=CCC(=C(N)[N-]OC(=O)c2ccc(Br)cc2)C=C1OC. The van der Waals surface area contributed by atoms with Gasteiger partial charge in [0.2, 0.25) is 0 Å². The van der Waals surface area contributed by atoms with Crippen LogP contribution in [0.4, 0.5) is 0 Å². The van der Waals surface area contributed by atoms with E-state index in [0.717, 1.165) is 4.47 Å². The van der Waals surface area contributed by atoms with Crippen LogP contribution in [0.2, 0.25) is 0 Å². The summed E-state index contributed by atoms with van der Waals surface area (Å²) < 4.78 is 11.2. The molecule has 7 heteroatoms. The van der Waals surface area contributed by atoms with E-state index in [1.54, 1.807) is 37.5 Å². The molecule has 0 aliphatic heterocycles. The van der Waals surface area contributed by atoms with E-state index in [1.807, 2.05) is 6.08 Å². The van der Waals surface area contributed by atoms with Crippen molar-refractivity contribution in [1.29, 1.82) is 0 Å². The fraction of sp³-hybridized carbons (Fsp3) is 0.188. The van der Waals surface area contributed by atoms with Crippen molar-refractivity contribution in [3.63, 3.8) is 0 Å². The van der Waals surface area contributed by atoms with Crippen molar-refractivity contribution < 1.29 is 19.1 Å². The number of benzene rings is 1. The van der Waals surface area contributed by atoms with Gasteiger partial charge in [-0.25, -0.2) is 4.79 Å². The highest BCUT2D eigenvalue weighted by Gasteiger charge is 2.13. The maximum atomic E-state index is 11.9. The van der Waals surface area contributed by atoms with Crippen LogP contribution in [0.3, 0.4) is 0 Å². The Kier molecular flexibility index (Phi) is 5.70. The topological polar surface area (TPSA) is 84.9 Å². The zero-order valence-corrected chi connectivity index (χ0v) is 14.3. The molecule has 122 valence electrons. The van der Waals surface area contributed by atoms with Gasteiger partial charge in [-0.2, -0.15) is 0 Å². The first-order valence-corrected chi connectivity index (χ1v) is 7.51. The molecule has 0 aromatic heterocycles. The van der Waals surface area contributed by atoms with Gasteiger partial charge in [0.05, 0.1) is 19.8 Å². The molecule has 1 aromatic rings. The van der Waals surface area contributed by atoms with Crippen LogP contribution in [0, 0.1) is 0 Å². The normalized spacial score (nSPS) is 16.0. The predicted molar refractivity (Wildman–Crippen MR) is 88.9 cm³/mol. The number of ether oxygens (including phenoxy) is 2. The lowest BCUT2D eigenvalue weighted by Crippen LogP contribution is -2.09. The highest BCUT2D eigenvalue weighted by molar-refractivity contribution is 9.10. The summed E-state index contributed by atoms with van der Waals surface area (Å²) in [5.41, 5.74) is 10.6. The molecule has 0 saturated heterocycles. The van der Waals surface area contributed by atoms with Gasteiger partial charge in [-0.15, -0.1) is 0 Å². The van der Waals surface area contributed by atoms with Crippen molar-refractivity contribution in [2.45, 2.75) is 6.42 Å². The summed E-state index contributed by atoms with van der Waals surface area (Å²) in [5.74, 6) is 0.680. The molecule has 0 heterocycles. The Labute approximate surface area is 142 Å². The molecular formula is C16H16BrN2O4-. The van der Waals surface area contributed by atoms with E-state index in [2.05, 4.69) is 21.4 Å². The van der Waals surface area contributed by atoms with Crippen LogP contribution in [-0.2, 0) is 14.3 Å². The lowest BCUT2D eigenvalue weighted by Gasteiger charge is -2.21. The molecule has 1 aliphatic rings. The Morgan fingerprint density at radius 2 is 1.83 bits per heavy atom. The molecule has 0 fully saturated rings. The number of rotatable bonds is 5. The minimum Gasteiger partial charge on any atom is -0.493 e.